The summed E-state index contributed by atoms with van der Waals surface area (Å²) >= 11 is 1.12. The number of nitrogens with zero attached hydrogens (tertiary/aromatic N) is 2. The van der Waals surface area contributed by atoms with E-state index >= 15 is 0 Å². The molecule has 1 aliphatic rings. The highest BCUT2D eigenvalue weighted by molar-refractivity contribution is 7.00. The molecule has 2 heterocycles. The van der Waals surface area contributed by atoms with Gasteiger partial charge in [0.05, 0.1) is 11.7 Å². The number of carbonyl (C=O) groups excluding carboxylic acids is 2. The van der Waals surface area contributed by atoms with Gasteiger partial charge in [0.2, 0.25) is 5.91 Å². The Morgan fingerprint density at radius 3 is 3.05 bits per heavy atom. The highest BCUT2D eigenvalue weighted by Crippen LogP contribution is 2.14. The van der Waals surface area contributed by atoms with Crippen LogP contribution in [0.5, 0.6) is 0 Å². The molecule has 0 radical (unpaired) electrons. The van der Waals surface area contributed by atoms with Gasteiger partial charge < -0.3 is 10.6 Å². The highest BCUT2D eigenvalue weighted by atomic mass is 32.1. The molecule has 1 aliphatic heterocycles. The van der Waals surface area contributed by atoms with Crippen LogP contribution in [-0.2, 0) is 4.79 Å². The van der Waals surface area contributed by atoms with Gasteiger partial charge >= 0.3 is 0 Å². The predicted octanol–water partition coefficient (Wildman–Crippen LogP) is 1.09. The minimum absolute atomic E-state index is 0.104. The number of rotatable bonds is 2. The number of carbonyl (C=O) groups is 2. The molecule has 0 unspecified atom stereocenters. The lowest BCUT2D eigenvalue weighted by molar-refractivity contribution is -0.122. The van der Waals surface area contributed by atoms with Crippen molar-refractivity contribution < 1.29 is 9.59 Å². The summed E-state index contributed by atoms with van der Waals surface area (Å²) in [5.74, 6) is -0.353. The zero-order valence-corrected chi connectivity index (χ0v) is 11.6. The third-order valence-electron chi connectivity index (χ3n) is 3.36. The van der Waals surface area contributed by atoms with Gasteiger partial charge in [0.25, 0.3) is 5.91 Å². The zero-order valence-electron chi connectivity index (χ0n) is 10.8. The smallest absolute Gasteiger partial charge is 0.252 e. The molecule has 1 fully saturated rings. The number of amides is 2. The number of aromatic nitrogens is 2. The van der Waals surface area contributed by atoms with E-state index in [0.717, 1.165) is 30.1 Å². The molecule has 0 saturated carbocycles. The van der Waals surface area contributed by atoms with Gasteiger partial charge in [-0.15, -0.1) is 0 Å². The molecule has 2 aromatic rings. The van der Waals surface area contributed by atoms with Gasteiger partial charge in [-0.05, 0) is 37.5 Å². The molecule has 0 aliphatic carbocycles. The third-order valence-corrected chi connectivity index (χ3v) is 3.91. The zero-order chi connectivity index (χ0) is 13.9. The monoisotopic (exact) mass is 290 g/mol. The maximum atomic E-state index is 12.2. The average Bonchev–Trinajstić information content (AvgIpc) is 2.83. The Morgan fingerprint density at radius 1 is 1.30 bits per heavy atom. The van der Waals surface area contributed by atoms with E-state index in [4.69, 9.17) is 0 Å². The van der Waals surface area contributed by atoms with E-state index in [0.29, 0.717) is 24.0 Å². The molecular weight excluding hydrogens is 276 g/mol. The van der Waals surface area contributed by atoms with E-state index in [1.54, 1.807) is 18.2 Å². The van der Waals surface area contributed by atoms with Crippen molar-refractivity contribution in [3.05, 3.63) is 23.8 Å². The first-order valence-corrected chi connectivity index (χ1v) is 7.28. The number of fused-ring (bicyclic) bond motifs is 1. The minimum atomic E-state index is -0.450. The molecule has 0 bridgehead atoms. The topological polar surface area (TPSA) is 84.0 Å². The fourth-order valence-electron chi connectivity index (χ4n) is 2.24. The van der Waals surface area contributed by atoms with Crippen LogP contribution in [-0.4, -0.2) is 33.1 Å². The first-order chi connectivity index (χ1) is 9.74. The number of nitrogens with one attached hydrogen (secondary N) is 2. The molecule has 1 aromatic carbocycles. The van der Waals surface area contributed by atoms with Crippen molar-refractivity contribution in [2.75, 3.05) is 6.54 Å². The summed E-state index contributed by atoms with van der Waals surface area (Å²) in [7, 11) is 0. The first kappa shape index (κ1) is 13.0. The molecule has 1 aromatic heterocycles. The van der Waals surface area contributed by atoms with E-state index in [-0.39, 0.29) is 11.8 Å². The number of hydrogen-bond acceptors (Lipinski definition) is 5. The van der Waals surface area contributed by atoms with Crippen molar-refractivity contribution in [2.24, 2.45) is 0 Å². The molecule has 1 saturated heterocycles. The largest absolute Gasteiger partial charge is 0.354 e. The summed E-state index contributed by atoms with van der Waals surface area (Å²) in [6.45, 7) is 0.682. The summed E-state index contributed by atoms with van der Waals surface area (Å²) < 4.78 is 8.20. The fraction of sp³-hybridized carbons (Fsp3) is 0.385. The van der Waals surface area contributed by atoms with Crippen molar-refractivity contribution in [1.29, 1.82) is 0 Å². The maximum Gasteiger partial charge on any atom is 0.252 e. The average molecular weight is 290 g/mol. The summed E-state index contributed by atoms with van der Waals surface area (Å²) in [5.41, 5.74) is 1.98. The molecule has 3 rings (SSSR count). The van der Waals surface area contributed by atoms with E-state index < -0.39 is 6.04 Å². The fourth-order valence-corrected chi connectivity index (χ4v) is 2.76. The van der Waals surface area contributed by atoms with Crippen molar-refractivity contribution in [2.45, 2.75) is 25.3 Å². The van der Waals surface area contributed by atoms with Gasteiger partial charge in [0, 0.05) is 12.1 Å². The summed E-state index contributed by atoms with van der Waals surface area (Å²) in [6.07, 6.45) is 2.56. The molecule has 20 heavy (non-hydrogen) atoms. The van der Waals surface area contributed by atoms with Crippen LogP contribution in [0.25, 0.3) is 11.0 Å². The van der Waals surface area contributed by atoms with E-state index in [1.807, 2.05) is 0 Å². The summed E-state index contributed by atoms with van der Waals surface area (Å²) in [5, 5.41) is 5.59. The summed E-state index contributed by atoms with van der Waals surface area (Å²) in [4.78, 5) is 24.0. The van der Waals surface area contributed by atoms with E-state index in [1.165, 1.54) is 0 Å². The quantitative estimate of drug-likeness (QED) is 0.867. The summed E-state index contributed by atoms with van der Waals surface area (Å²) in [6, 6.07) is 4.71. The van der Waals surface area contributed by atoms with E-state index in [9.17, 15) is 9.59 Å². The Labute approximate surface area is 119 Å². The minimum Gasteiger partial charge on any atom is -0.354 e. The van der Waals surface area contributed by atoms with Crippen LogP contribution in [0, 0.1) is 0 Å². The number of hydrogen-bond donors (Lipinski definition) is 2. The van der Waals surface area contributed by atoms with Gasteiger partial charge in [-0.3, -0.25) is 9.59 Å². The number of benzene rings is 1. The molecule has 2 amide bonds. The Bertz CT molecular complexity index is 655. The highest BCUT2D eigenvalue weighted by Gasteiger charge is 2.23. The van der Waals surface area contributed by atoms with Gasteiger partial charge in [0.1, 0.15) is 17.1 Å². The third kappa shape index (κ3) is 2.62. The SMILES string of the molecule is O=C(N[C@@H]1CCCCNC1=O)c1ccc2nsnc2c1. The van der Waals surface area contributed by atoms with E-state index in [2.05, 4.69) is 19.4 Å². The van der Waals surface area contributed by atoms with Crippen LogP contribution in [0.2, 0.25) is 0 Å². The van der Waals surface area contributed by atoms with Gasteiger partial charge in [-0.1, -0.05) is 0 Å². The Balaban J connectivity index is 1.76. The Hall–Kier alpha value is -2.02. The lowest BCUT2D eigenvalue weighted by Gasteiger charge is -2.15. The maximum absolute atomic E-state index is 12.2. The predicted molar refractivity (Wildman–Crippen MR) is 75.5 cm³/mol. The molecule has 104 valence electrons. The normalized spacial score (nSPS) is 19.4. The van der Waals surface area contributed by atoms with Crippen LogP contribution >= 0.6 is 11.7 Å². The standard InChI is InChI=1S/C13H14N4O2S/c18-12(15-10-3-1-2-6-14-13(10)19)8-4-5-9-11(7-8)17-20-16-9/h4-5,7,10H,1-3,6H2,(H,14,19)(H,15,18)/t10-/m1/s1. The van der Waals surface area contributed by atoms with Crippen LogP contribution in [0.4, 0.5) is 0 Å². The van der Waals surface area contributed by atoms with Crippen molar-refractivity contribution in [3.63, 3.8) is 0 Å². The molecule has 0 spiro atoms. The first-order valence-electron chi connectivity index (χ1n) is 6.55. The molecule has 1 atom stereocenters. The molecule has 6 nitrogen and oxygen atoms in total. The second-order valence-corrected chi connectivity index (χ2v) is 5.31. The molecule has 2 N–H and O–H groups in total. The van der Waals surface area contributed by atoms with Crippen molar-refractivity contribution in [1.82, 2.24) is 19.4 Å². The second kappa shape index (κ2) is 5.54. The van der Waals surface area contributed by atoms with Crippen LogP contribution in [0.1, 0.15) is 29.6 Å². The van der Waals surface area contributed by atoms with Crippen LogP contribution in [0.15, 0.2) is 18.2 Å². The van der Waals surface area contributed by atoms with Gasteiger partial charge in [-0.2, -0.15) is 8.75 Å². The van der Waals surface area contributed by atoms with Gasteiger partial charge in [-0.25, -0.2) is 0 Å². The van der Waals surface area contributed by atoms with Crippen molar-refractivity contribution >= 4 is 34.6 Å². The Kier molecular flexibility index (Phi) is 3.60. The van der Waals surface area contributed by atoms with Gasteiger partial charge in [0.15, 0.2) is 0 Å². The molecular formula is C13H14N4O2S. The lowest BCUT2D eigenvalue weighted by atomic mass is 10.1. The molecule has 7 heteroatoms. The Morgan fingerprint density at radius 2 is 2.15 bits per heavy atom. The van der Waals surface area contributed by atoms with Crippen LogP contribution < -0.4 is 10.6 Å². The lowest BCUT2D eigenvalue weighted by Crippen LogP contribution is -2.45. The van der Waals surface area contributed by atoms with Crippen molar-refractivity contribution in [3.8, 4) is 0 Å². The second-order valence-electron chi connectivity index (χ2n) is 4.78. The van der Waals surface area contributed by atoms with Crippen LogP contribution in [0.3, 0.4) is 0 Å².